The highest BCUT2D eigenvalue weighted by atomic mass is 35.5. The third kappa shape index (κ3) is 3.58. The monoisotopic (exact) mass is 313 g/mol. The molecule has 0 atom stereocenters. The van der Waals surface area contributed by atoms with Gasteiger partial charge in [0, 0.05) is 17.5 Å². The van der Waals surface area contributed by atoms with Gasteiger partial charge in [-0.1, -0.05) is 30.9 Å². The van der Waals surface area contributed by atoms with Crippen LogP contribution in [0.3, 0.4) is 0 Å². The molecule has 0 bridgehead atoms. The van der Waals surface area contributed by atoms with Gasteiger partial charge in [0.1, 0.15) is 5.82 Å². The summed E-state index contributed by atoms with van der Waals surface area (Å²) in [7, 11) is 0. The third-order valence-electron chi connectivity index (χ3n) is 3.90. The third-order valence-corrected chi connectivity index (χ3v) is 5.62. The quantitative estimate of drug-likeness (QED) is 0.896. The lowest BCUT2D eigenvalue weighted by Crippen LogP contribution is -2.41. The van der Waals surface area contributed by atoms with Crippen LogP contribution in [0.2, 0.25) is 5.02 Å². The van der Waals surface area contributed by atoms with Crippen molar-refractivity contribution in [3.63, 3.8) is 0 Å². The van der Waals surface area contributed by atoms with Crippen molar-refractivity contribution in [1.29, 1.82) is 0 Å². The molecule has 0 aliphatic heterocycles. The maximum atomic E-state index is 12.1. The molecule has 1 aromatic rings. The Morgan fingerprint density at radius 2 is 2.20 bits per heavy atom. The fourth-order valence-corrected chi connectivity index (χ4v) is 3.65. The van der Waals surface area contributed by atoms with Crippen LogP contribution in [0.25, 0.3) is 0 Å². The maximum Gasteiger partial charge on any atom is 0.252 e. The topological polar surface area (TPSA) is 68.0 Å². The summed E-state index contributed by atoms with van der Waals surface area (Å²) < 4.78 is 0.180. The Kier molecular flexibility index (Phi) is 5.16. The molecular formula is C14H20ClN3OS. The summed E-state index contributed by atoms with van der Waals surface area (Å²) in [5.41, 5.74) is 6.00. The van der Waals surface area contributed by atoms with Gasteiger partial charge in [-0.15, -0.1) is 0 Å². The molecule has 4 nitrogen and oxygen atoms in total. The number of thioether (sulfide) groups is 1. The Morgan fingerprint density at radius 1 is 1.50 bits per heavy atom. The van der Waals surface area contributed by atoms with E-state index in [0.717, 1.165) is 12.8 Å². The first-order chi connectivity index (χ1) is 9.56. The van der Waals surface area contributed by atoms with Gasteiger partial charge < -0.3 is 11.1 Å². The zero-order valence-electron chi connectivity index (χ0n) is 11.6. The normalized spacial score (nSPS) is 17.7. The highest BCUT2D eigenvalue weighted by Crippen LogP contribution is 2.38. The first kappa shape index (κ1) is 15.4. The molecule has 110 valence electrons. The number of anilines is 1. The Morgan fingerprint density at radius 3 is 2.80 bits per heavy atom. The molecule has 1 amide bonds. The lowest BCUT2D eigenvalue weighted by atomic mass is 9.88. The Bertz CT molecular complexity index is 489. The minimum Gasteiger partial charge on any atom is -0.382 e. The zero-order valence-corrected chi connectivity index (χ0v) is 13.2. The zero-order chi connectivity index (χ0) is 14.6. The number of rotatable bonds is 4. The molecule has 3 N–H and O–H groups in total. The van der Waals surface area contributed by atoms with E-state index in [9.17, 15) is 4.79 Å². The van der Waals surface area contributed by atoms with E-state index in [-0.39, 0.29) is 16.5 Å². The van der Waals surface area contributed by atoms with Crippen molar-refractivity contribution >= 4 is 35.1 Å². The summed E-state index contributed by atoms with van der Waals surface area (Å²) in [4.78, 5) is 16.1. The second kappa shape index (κ2) is 6.68. The Hall–Kier alpha value is -0.940. The minimum atomic E-state index is -0.140. The number of halogens is 1. The average Bonchev–Trinajstić information content (AvgIpc) is 2.48. The van der Waals surface area contributed by atoms with Crippen molar-refractivity contribution < 1.29 is 4.79 Å². The predicted octanol–water partition coefficient (Wildman–Crippen LogP) is 3.11. The summed E-state index contributed by atoms with van der Waals surface area (Å²) in [6, 6.07) is 1.56. The number of nitrogen functional groups attached to an aromatic ring is 1. The molecule has 0 saturated heterocycles. The molecule has 0 aromatic carbocycles. The van der Waals surface area contributed by atoms with Gasteiger partial charge in [-0.3, -0.25) is 4.79 Å². The number of carbonyl (C=O) groups excluding carboxylic acids is 1. The van der Waals surface area contributed by atoms with Crippen molar-refractivity contribution in [2.75, 3.05) is 18.5 Å². The van der Waals surface area contributed by atoms with Crippen molar-refractivity contribution in [2.24, 2.45) is 0 Å². The first-order valence-corrected chi connectivity index (χ1v) is 8.41. The number of nitrogens with two attached hydrogens (primary N) is 1. The molecule has 20 heavy (non-hydrogen) atoms. The minimum absolute atomic E-state index is 0.140. The van der Waals surface area contributed by atoms with E-state index in [1.807, 2.05) is 11.8 Å². The van der Waals surface area contributed by atoms with Crippen LogP contribution in [-0.4, -0.2) is 28.4 Å². The highest BCUT2D eigenvalue weighted by Gasteiger charge is 2.31. The number of aromatic nitrogens is 1. The molecule has 0 unspecified atom stereocenters. The number of nitrogens with one attached hydrogen (secondary N) is 1. The molecule has 6 heteroatoms. The van der Waals surface area contributed by atoms with Crippen molar-refractivity contribution in [2.45, 2.75) is 36.9 Å². The van der Waals surface area contributed by atoms with Gasteiger partial charge in [0.2, 0.25) is 0 Å². The lowest BCUT2D eigenvalue weighted by Gasteiger charge is -2.35. The second-order valence-corrected chi connectivity index (χ2v) is 6.90. The van der Waals surface area contributed by atoms with Gasteiger partial charge in [0.05, 0.1) is 10.6 Å². The summed E-state index contributed by atoms with van der Waals surface area (Å²) in [6.45, 7) is 0.689. The summed E-state index contributed by atoms with van der Waals surface area (Å²) in [5, 5.41) is 3.32. The Labute approximate surface area is 128 Å². The van der Waals surface area contributed by atoms with E-state index in [1.165, 1.54) is 25.5 Å². The first-order valence-electron chi connectivity index (χ1n) is 6.81. The number of nitrogens with zero attached hydrogens (tertiary/aromatic N) is 1. The second-order valence-electron chi connectivity index (χ2n) is 5.22. The largest absolute Gasteiger partial charge is 0.382 e. The summed E-state index contributed by atoms with van der Waals surface area (Å²) >= 11 is 7.75. The van der Waals surface area contributed by atoms with E-state index >= 15 is 0 Å². The van der Waals surface area contributed by atoms with Gasteiger partial charge >= 0.3 is 0 Å². The van der Waals surface area contributed by atoms with Crippen LogP contribution in [0.5, 0.6) is 0 Å². The van der Waals surface area contributed by atoms with Crippen molar-refractivity contribution in [3.8, 4) is 0 Å². The molecule has 0 radical (unpaired) electrons. The van der Waals surface area contributed by atoms with E-state index in [2.05, 4.69) is 16.6 Å². The Balaban J connectivity index is 1.98. The van der Waals surface area contributed by atoms with Crippen LogP contribution in [0, 0.1) is 0 Å². The SMILES string of the molecule is CSC1(CNC(=O)c2cnc(N)c(Cl)c2)CCCCC1. The fraction of sp³-hybridized carbons (Fsp3) is 0.571. The molecule has 0 spiro atoms. The van der Waals surface area contributed by atoms with Gasteiger partial charge in [-0.05, 0) is 25.2 Å². The maximum absolute atomic E-state index is 12.1. The molecule has 1 fully saturated rings. The number of carbonyl (C=O) groups is 1. The van der Waals surface area contributed by atoms with Gasteiger partial charge in [-0.25, -0.2) is 4.98 Å². The smallest absolute Gasteiger partial charge is 0.252 e. The van der Waals surface area contributed by atoms with Gasteiger partial charge in [0.25, 0.3) is 5.91 Å². The molecule has 1 aliphatic rings. The number of hydrogen-bond donors (Lipinski definition) is 2. The molecule has 1 saturated carbocycles. The van der Waals surface area contributed by atoms with Crippen molar-refractivity contribution in [1.82, 2.24) is 10.3 Å². The van der Waals surface area contributed by atoms with Crippen LogP contribution in [0.15, 0.2) is 12.3 Å². The lowest BCUT2D eigenvalue weighted by molar-refractivity contribution is 0.0946. The van der Waals surface area contributed by atoms with Crippen molar-refractivity contribution in [3.05, 3.63) is 22.8 Å². The molecule has 1 aliphatic carbocycles. The van der Waals surface area contributed by atoms with Gasteiger partial charge in [-0.2, -0.15) is 11.8 Å². The van der Waals surface area contributed by atoms with E-state index < -0.39 is 0 Å². The average molecular weight is 314 g/mol. The van der Waals surface area contributed by atoms with Crippen LogP contribution in [0.1, 0.15) is 42.5 Å². The van der Waals surface area contributed by atoms with E-state index in [0.29, 0.717) is 17.1 Å². The molecule has 1 heterocycles. The van der Waals surface area contributed by atoms with Gasteiger partial charge in [0.15, 0.2) is 0 Å². The van der Waals surface area contributed by atoms with Crippen LogP contribution < -0.4 is 11.1 Å². The standard InChI is InChI=1S/C14H20ClN3OS/c1-20-14(5-3-2-4-6-14)9-18-13(19)10-7-11(15)12(16)17-8-10/h7-8H,2-6,9H2,1H3,(H2,16,17)(H,18,19). The van der Waals surface area contributed by atoms with E-state index in [1.54, 1.807) is 6.07 Å². The van der Waals surface area contributed by atoms with E-state index in [4.69, 9.17) is 17.3 Å². The number of pyridine rings is 1. The number of amides is 1. The molecule has 1 aromatic heterocycles. The summed E-state index contributed by atoms with van der Waals surface area (Å²) in [5.74, 6) is 0.106. The molecular weight excluding hydrogens is 294 g/mol. The van der Waals surface area contributed by atoms with Crippen LogP contribution in [0.4, 0.5) is 5.82 Å². The summed E-state index contributed by atoms with van der Waals surface area (Å²) in [6.07, 6.45) is 9.69. The number of hydrogen-bond acceptors (Lipinski definition) is 4. The molecule has 2 rings (SSSR count). The predicted molar refractivity (Wildman–Crippen MR) is 85.3 cm³/mol. The highest BCUT2D eigenvalue weighted by molar-refractivity contribution is 8.00. The van der Waals surface area contributed by atoms with Crippen LogP contribution >= 0.6 is 23.4 Å². The van der Waals surface area contributed by atoms with Crippen LogP contribution in [-0.2, 0) is 0 Å². The fourth-order valence-electron chi connectivity index (χ4n) is 2.57.